The summed E-state index contributed by atoms with van der Waals surface area (Å²) >= 11 is 0. The number of aryl methyl sites for hydroxylation is 1. The third kappa shape index (κ3) is 2.25. The first-order valence-electron chi connectivity index (χ1n) is 5.03. The molecule has 1 unspecified atom stereocenters. The Kier molecular flexibility index (Phi) is 2.97. The van der Waals surface area contributed by atoms with Crippen LogP contribution in [-0.2, 0) is 0 Å². The van der Waals surface area contributed by atoms with Crippen molar-refractivity contribution in [2.75, 3.05) is 0 Å². The molecule has 0 amide bonds. The zero-order chi connectivity index (χ0) is 11.5. The van der Waals surface area contributed by atoms with Crippen LogP contribution in [0.2, 0.25) is 0 Å². The lowest BCUT2D eigenvalue weighted by Crippen LogP contribution is -2.02. The Labute approximate surface area is 93.4 Å². The van der Waals surface area contributed by atoms with E-state index in [1.807, 2.05) is 13.0 Å². The first-order valence-corrected chi connectivity index (χ1v) is 5.03. The molecule has 0 aliphatic heterocycles. The fraction of sp³-hybridized carbons (Fsp3) is 0.154. The monoisotopic (exact) mass is 217 g/mol. The smallest absolute Gasteiger partial charge is 0.123 e. The predicted molar refractivity (Wildman–Crippen MR) is 59.4 cm³/mol. The largest absolute Gasteiger partial charge is 0.382 e. The van der Waals surface area contributed by atoms with E-state index in [0.29, 0.717) is 11.3 Å². The Morgan fingerprint density at radius 2 is 2.06 bits per heavy atom. The number of hydrogen-bond donors (Lipinski definition) is 1. The Balaban J connectivity index is 2.35. The number of aliphatic hydroxyl groups excluding tert-OH is 1. The summed E-state index contributed by atoms with van der Waals surface area (Å²) in [6.07, 6.45) is 0.753. The Bertz CT molecular complexity index is 453. The van der Waals surface area contributed by atoms with Crippen molar-refractivity contribution >= 4 is 0 Å². The van der Waals surface area contributed by atoms with Gasteiger partial charge in [-0.1, -0.05) is 12.1 Å². The van der Waals surface area contributed by atoms with E-state index in [1.54, 1.807) is 24.4 Å². The highest BCUT2D eigenvalue weighted by atomic mass is 19.1. The van der Waals surface area contributed by atoms with Gasteiger partial charge in [-0.15, -0.1) is 0 Å². The molecule has 0 aliphatic carbocycles. The van der Waals surface area contributed by atoms with Gasteiger partial charge in [0.05, 0.1) is 5.69 Å². The van der Waals surface area contributed by atoms with Gasteiger partial charge >= 0.3 is 0 Å². The summed E-state index contributed by atoms with van der Waals surface area (Å²) in [5.74, 6) is -0.357. The van der Waals surface area contributed by atoms with Crippen LogP contribution in [0.1, 0.15) is 22.9 Å². The van der Waals surface area contributed by atoms with Gasteiger partial charge in [0, 0.05) is 6.20 Å². The highest BCUT2D eigenvalue weighted by Crippen LogP contribution is 2.21. The molecule has 2 rings (SSSR count). The van der Waals surface area contributed by atoms with Gasteiger partial charge in [-0.2, -0.15) is 0 Å². The Morgan fingerprint density at radius 1 is 1.25 bits per heavy atom. The Morgan fingerprint density at radius 3 is 2.75 bits per heavy atom. The predicted octanol–water partition coefficient (Wildman–Crippen LogP) is 2.61. The van der Waals surface area contributed by atoms with E-state index in [0.717, 1.165) is 5.56 Å². The number of pyridine rings is 1. The summed E-state index contributed by atoms with van der Waals surface area (Å²) in [4.78, 5) is 4.07. The summed E-state index contributed by atoms with van der Waals surface area (Å²) in [7, 11) is 0. The average molecular weight is 217 g/mol. The van der Waals surface area contributed by atoms with Crippen LogP contribution < -0.4 is 0 Å². The van der Waals surface area contributed by atoms with Crippen LogP contribution >= 0.6 is 0 Å². The Hall–Kier alpha value is -1.74. The molecule has 1 aromatic heterocycles. The molecule has 82 valence electrons. The van der Waals surface area contributed by atoms with Crippen LogP contribution in [0, 0.1) is 12.7 Å². The van der Waals surface area contributed by atoms with Crippen LogP contribution in [0.3, 0.4) is 0 Å². The molecule has 0 saturated carbocycles. The minimum atomic E-state index is -0.879. The quantitative estimate of drug-likeness (QED) is 0.838. The molecule has 2 aromatic rings. The van der Waals surface area contributed by atoms with Gasteiger partial charge in [-0.3, -0.25) is 4.98 Å². The van der Waals surface area contributed by atoms with Crippen molar-refractivity contribution in [2.24, 2.45) is 0 Å². The second-order valence-corrected chi connectivity index (χ2v) is 3.72. The number of halogens is 1. The minimum absolute atomic E-state index is 0.357. The summed E-state index contributed by atoms with van der Waals surface area (Å²) in [5, 5.41) is 10.0. The first-order chi connectivity index (χ1) is 7.66. The minimum Gasteiger partial charge on any atom is -0.382 e. The molecule has 0 bridgehead atoms. The highest BCUT2D eigenvalue weighted by molar-refractivity contribution is 5.27. The molecule has 3 heteroatoms. The summed E-state index contributed by atoms with van der Waals surface area (Å²) in [6.45, 7) is 1.92. The second-order valence-electron chi connectivity index (χ2n) is 3.72. The van der Waals surface area contributed by atoms with Crippen molar-refractivity contribution in [1.29, 1.82) is 0 Å². The van der Waals surface area contributed by atoms with Crippen molar-refractivity contribution in [3.63, 3.8) is 0 Å². The van der Waals surface area contributed by atoms with E-state index < -0.39 is 6.10 Å². The molecule has 16 heavy (non-hydrogen) atoms. The van der Waals surface area contributed by atoms with Crippen LogP contribution in [0.4, 0.5) is 4.39 Å². The second kappa shape index (κ2) is 4.41. The third-order valence-corrected chi connectivity index (χ3v) is 2.38. The van der Waals surface area contributed by atoms with Crippen molar-refractivity contribution < 1.29 is 9.50 Å². The van der Waals surface area contributed by atoms with Crippen molar-refractivity contribution in [3.05, 3.63) is 65.2 Å². The zero-order valence-electron chi connectivity index (χ0n) is 8.89. The van der Waals surface area contributed by atoms with E-state index in [4.69, 9.17) is 0 Å². The van der Waals surface area contributed by atoms with Crippen LogP contribution in [0.5, 0.6) is 0 Å². The molecule has 2 nitrogen and oxygen atoms in total. The van der Waals surface area contributed by atoms with Crippen LogP contribution in [0.15, 0.2) is 42.6 Å². The molecule has 0 fully saturated rings. The van der Waals surface area contributed by atoms with Gasteiger partial charge in [0.2, 0.25) is 0 Å². The van der Waals surface area contributed by atoms with E-state index in [-0.39, 0.29) is 5.82 Å². The number of benzene rings is 1. The van der Waals surface area contributed by atoms with Gasteiger partial charge < -0.3 is 5.11 Å². The van der Waals surface area contributed by atoms with Gasteiger partial charge in [0.25, 0.3) is 0 Å². The summed E-state index contributed by atoms with van der Waals surface area (Å²) in [5.41, 5.74) is 2.06. The van der Waals surface area contributed by atoms with E-state index in [1.165, 1.54) is 12.1 Å². The van der Waals surface area contributed by atoms with E-state index in [2.05, 4.69) is 4.98 Å². The van der Waals surface area contributed by atoms with Crippen molar-refractivity contribution in [3.8, 4) is 0 Å². The third-order valence-electron chi connectivity index (χ3n) is 2.38. The lowest BCUT2D eigenvalue weighted by atomic mass is 10.1. The zero-order valence-corrected chi connectivity index (χ0v) is 8.89. The number of aromatic nitrogens is 1. The van der Waals surface area contributed by atoms with E-state index >= 15 is 0 Å². The molecular weight excluding hydrogens is 205 g/mol. The van der Waals surface area contributed by atoms with E-state index in [9.17, 15) is 9.50 Å². The number of rotatable bonds is 2. The van der Waals surface area contributed by atoms with Crippen molar-refractivity contribution in [2.45, 2.75) is 13.0 Å². The van der Waals surface area contributed by atoms with Gasteiger partial charge in [-0.25, -0.2) is 4.39 Å². The molecule has 0 saturated heterocycles. The molecule has 0 aliphatic rings. The van der Waals surface area contributed by atoms with Crippen LogP contribution in [-0.4, -0.2) is 10.1 Å². The lowest BCUT2D eigenvalue weighted by Gasteiger charge is -2.10. The maximum absolute atomic E-state index is 13.0. The highest BCUT2D eigenvalue weighted by Gasteiger charge is 2.12. The normalized spacial score (nSPS) is 12.4. The average Bonchev–Trinajstić information content (AvgIpc) is 2.28. The molecular formula is C13H12FNO. The molecule has 0 spiro atoms. The number of aliphatic hydroxyl groups is 1. The molecule has 1 N–H and O–H groups in total. The summed E-state index contributed by atoms with van der Waals surface area (Å²) < 4.78 is 13.0. The maximum atomic E-state index is 13.0. The number of nitrogens with zero attached hydrogens (tertiary/aromatic N) is 1. The SMILES string of the molecule is Cc1ccnc(C(O)c2cccc(F)c2)c1. The standard InChI is InChI=1S/C13H12FNO/c1-9-5-6-15-12(7-9)13(16)10-3-2-4-11(14)8-10/h2-8,13,16H,1H3. The van der Waals surface area contributed by atoms with Gasteiger partial charge in [-0.05, 0) is 42.3 Å². The number of hydrogen-bond acceptors (Lipinski definition) is 2. The fourth-order valence-corrected chi connectivity index (χ4v) is 1.56. The van der Waals surface area contributed by atoms with Gasteiger partial charge in [0.1, 0.15) is 11.9 Å². The van der Waals surface area contributed by atoms with Gasteiger partial charge in [0.15, 0.2) is 0 Å². The molecule has 0 radical (unpaired) electrons. The first kappa shape index (κ1) is 10.8. The lowest BCUT2D eigenvalue weighted by molar-refractivity contribution is 0.215. The maximum Gasteiger partial charge on any atom is 0.123 e. The summed E-state index contributed by atoms with van der Waals surface area (Å²) in [6, 6.07) is 9.55. The fourth-order valence-electron chi connectivity index (χ4n) is 1.56. The van der Waals surface area contributed by atoms with Crippen molar-refractivity contribution in [1.82, 2.24) is 4.98 Å². The molecule has 1 aromatic carbocycles. The van der Waals surface area contributed by atoms with Crippen LogP contribution in [0.25, 0.3) is 0 Å². The molecule has 1 atom stereocenters. The molecule has 1 heterocycles. The topological polar surface area (TPSA) is 33.1 Å².